The van der Waals surface area contributed by atoms with E-state index in [1.54, 1.807) is 0 Å². The van der Waals surface area contributed by atoms with E-state index in [1.807, 2.05) is 31.2 Å². The van der Waals surface area contributed by atoms with Crippen LogP contribution in [0, 0.1) is 17.2 Å². The minimum Gasteiger partial charge on any atom is -0.447 e. The fourth-order valence-electron chi connectivity index (χ4n) is 3.41. The van der Waals surface area contributed by atoms with Crippen molar-refractivity contribution in [2.24, 2.45) is 11.7 Å². The largest absolute Gasteiger partial charge is 0.447 e. The number of hydrogen-bond donors (Lipinski definition) is 2. The second kappa shape index (κ2) is 5.13. The number of benzene rings is 1. The molecule has 108 valence electrons. The molecule has 3 N–H and O–H groups in total. The van der Waals surface area contributed by atoms with E-state index in [2.05, 4.69) is 11.1 Å². The lowest BCUT2D eigenvalue weighted by Gasteiger charge is -2.19. The summed E-state index contributed by atoms with van der Waals surface area (Å²) in [6.07, 6.45) is 0.392. The van der Waals surface area contributed by atoms with Gasteiger partial charge in [-0.25, -0.2) is 4.79 Å². The Labute approximate surface area is 122 Å². The number of nitrogens with zero attached hydrogens (tertiary/aromatic N) is 1. The summed E-state index contributed by atoms with van der Waals surface area (Å²) in [6.45, 7) is 1.81. The third-order valence-electron chi connectivity index (χ3n) is 4.17. The summed E-state index contributed by atoms with van der Waals surface area (Å²) in [6, 6.07) is 10.4. The first-order valence-electron chi connectivity index (χ1n) is 7.05. The van der Waals surface area contributed by atoms with E-state index in [9.17, 15) is 10.1 Å². The van der Waals surface area contributed by atoms with E-state index in [-0.39, 0.29) is 17.9 Å². The van der Waals surface area contributed by atoms with Gasteiger partial charge in [-0.2, -0.15) is 5.26 Å². The number of nitrogens with one attached hydrogen (secondary N) is 1. The second-order valence-corrected chi connectivity index (χ2v) is 5.62. The number of aromatic nitrogens is 1. The van der Waals surface area contributed by atoms with Crippen molar-refractivity contribution in [1.29, 1.82) is 5.26 Å². The monoisotopic (exact) mass is 283 g/mol. The average Bonchev–Trinajstić information content (AvgIpc) is 2.92. The smallest absolute Gasteiger partial charge is 0.404 e. The van der Waals surface area contributed by atoms with Crippen molar-refractivity contribution < 1.29 is 9.53 Å². The van der Waals surface area contributed by atoms with Gasteiger partial charge in [0.2, 0.25) is 0 Å². The predicted octanol–water partition coefficient (Wildman–Crippen LogP) is 2.82. The zero-order valence-corrected chi connectivity index (χ0v) is 11.8. The predicted molar refractivity (Wildman–Crippen MR) is 78.6 cm³/mol. The molecule has 1 aliphatic rings. The maximum absolute atomic E-state index is 10.8. The number of aromatic amines is 1. The number of rotatable bonds is 3. The normalized spacial score (nSPS) is 21.7. The van der Waals surface area contributed by atoms with Crippen LogP contribution in [0.4, 0.5) is 4.79 Å². The zero-order valence-electron chi connectivity index (χ0n) is 11.8. The summed E-state index contributed by atoms with van der Waals surface area (Å²) in [7, 11) is 0. The number of carbonyl (C=O) groups is 1. The number of ether oxygens (including phenoxy) is 1. The van der Waals surface area contributed by atoms with Crippen molar-refractivity contribution in [2.75, 3.05) is 0 Å². The molecule has 2 aromatic rings. The molecule has 3 atom stereocenters. The van der Waals surface area contributed by atoms with Crippen molar-refractivity contribution in [1.82, 2.24) is 4.98 Å². The van der Waals surface area contributed by atoms with Gasteiger partial charge in [-0.05, 0) is 37.3 Å². The first-order chi connectivity index (χ1) is 10.1. The summed E-state index contributed by atoms with van der Waals surface area (Å²) >= 11 is 0. The third kappa shape index (κ3) is 2.33. The molecule has 0 saturated heterocycles. The Balaban J connectivity index is 1.87. The maximum Gasteiger partial charge on any atom is 0.404 e. The molecule has 5 heteroatoms. The number of hydrogen-bond acceptors (Lipinski definition) is 3. The number of nitrogens with two attached hydrogens (primary N) is 1. The molecule has 3 rings (SSSR count). The Morgan fingerprint density at radius 2 is 2.33 bits per heavy atom. The first-order valence-corrected chi connectivity index (χ1v) is 7.05. The standard InChI is InChI=1S/C16H17N3O2/c1-9(21-16(18)20)6-10-7-14-15(12(10)8-17)11-4-2-3-5-13(11)19-14/h2-5,9-10,12,19H,6-7H2,1H3,(H2,18,20)/t9?,10-,12+/m1/s1. The van der Waals surface area contributed by atoms with Gasteiger partial charge in [-0.1, -0.05) is 18.2 Å². The van der Waals surface area contributed by atoms with Crippen molar-refractivity contribution in [3.05, 3.63) is 35.5 Å². The van der Waals surface area contributed by atoms with Gasteiger partial charge in [-0.15, -0.1) is 0 Å². The van der Waals surface area contributed by atoms with Crippen LogP contribution in [-0.4, -0.2) is 17.2 Å². The van der Waals surface area contributed by atoms with Crippen molar-refractivity contribution in [2.45, 2.75) is 31.8 Å². The Kier molecular flexibility index (Phi) is 3.30. The summed E-state index contributed by atoms with van der Waals surface area (Å²) in [5.41, 5.74) is 8.34. The lowest BCUT2D eigenvalue weighted by Crippen LogP contribution is -2.23. The van der Waals surface area contributed by atoms with Gasteiger partial charge in [0.25, 0.3) is 0 Å². The highest BCUT2D eigenvalue weighted by Crippen LogP contribution is 2.43. The van der Waals surface area contributed by atoms with Gasteiger partial charge >= 0.3 is 6.09 Å². The van der Waals surface area contributed by atoms with E-state index in [4.69, 9.17) is 10.5 Å². The fraction of sp³-hybridized carbons (Fsp3) is 0.375. The van der Waals surface area contributed by atoms with Gasteiger partial charge in [0.15, 0.2) is 0 Å². The van der Waals surface area contributed by atoms with Crippen LogP contribution in [0.5, 0.6) is 0 Å². The molecule has 0 spiro atoms. The number of H-pyrrole nitrogens is 1. The number of carbonyl (C=O) groups excluding carboxylic acids is 1. The van der Waals surface area contributed by atoms with Gasteiger partial charge in [0.1, 0.15) is 6.10 Å². The molecule has 1 unspecified atom stereocenters. The molecule has 1 heterocycles. The lowest BCUT2D eigenvalue weighted by molar-refractivity contribution is 0.100. The molecule has 1 aromatic carbocycles. The molecule has 5 nitrogen and oxygen atoms in total. The molecule has 1 aromatic heterocycles. The highest BCUT2D eigenvalue weighted by molar-refractivity contribution is 5.86. The second-order valence-electron chi connectivity index (χ2n) is 5.62. The van der Waals surface area contributed by atoms with Crippen LogP contribution < -0.4 is 5.73 Å². The maximum atomic E-state index is 10.8. The minimum absolute atomic E-state index is 0.148. The minimum atomic E-state index is -0.766. The van der Waals surface area contributed by atoms with E-state index < -0.39 is 6.09 Å². The Morgan fingerprint density at radius 1 is 1.57 bits per heavy atom. The van der Waals surface area contributed by atoms with Crippen LogP contribution >= 0.6 is 0 Å². The molecule has 0 bridgehead atoms. The lowest BCUT2D eigenvalue weighted by atomic mass is 9.88. The van der Waals surface area contributed by atoms with Crippen LogP contribution in [0.3, 0.4) is 0 Å². The number of para-hydroxylation sites is 1. The molecular weight excluding hydrogens is 266 g/mol. The van der Waals surface area contributed by atoms with Gasteiger partial charge < -0.3 is 15.5 Å². The summed E-state index contributed by atoms with van der Waals surface area (Å²) in [5, 5.41) is 10.7. The average molecular weight is 283 g/mol. The van der Waals surface area contributed by atoms with Crippen LogP contribution in [0.25, 0.3) is 10.9 Å². The van der Waals surface area contributed by atoms with Crippen LogP contribution in [0.15, 0.2) is 24.3 Å². The van der Waals surface area contributed by atoms with Gasteiger partial charge in [0, 0.05) is 16.6 Å². The van der Waals surface area contributed by atoms with Gasteiger partial charge in [-0.3, -0.25) is 0 Å². The third-order valence-corrected chi connectivity index (χ3v) is 4.17. The SMILES string of the molecule is CC(C[C@@H]1Cc2[nH]c3ccccc3c2[C@H]1C#N)OC(N)=O. The first kappa shape index (κ1) is 13.5. The fourth-order valence-corrected chi connectivity index (χ4v) is 3.41. The number of fused-ring (bicyclic) bond motifs is 3. The number of nitriles is 1. The molecule has 1 aliphatic carbocycles. The van der Waals surface area contributed by atoms with E-state index >= 15 is 0 Å². The molecule has 0 saturated carbocycles. The molecule has 21 heavy (non-hydrogen) atoms. The zero-order chi connectivity index (χ0) is 15.0. The van der Waals surface area contributed by atoms with Crippen molar-refractivity contribution >= 4 is 17.0 Å². The molecule has 0 radical (unpaired) electrons. The number of primary amides is 1. The Bertz CT molecular complexity index is 729. The molecule has 1 amide bonds. The van der Waals surface area contributed by atoms with Crippen molar-refractivity contribution in [3.8, 4) is 6.07 Å². The van der Waals surface area contributed by atoms with Crippen LogP contribution in [0.2, 0.25) is 0 Å². The van der Waals surface area contributed by atoms with Crippen LogP contribution in [-0.2, 0) is 11.2 Å². The Hall–Kier alpha value is -2.48. The molecular formula is C16H17N3O2. The van der Waals surface area contributed by atoms with E-state index in [1.165, 1.54) is 0 Å². The van der Waals surface area contributed by atoms with Crippen LogP contribution in [0.1, 0.15) is 30.5 Å². The van der Waals surface area contributed by atoms with Crippen molar-refractivity contribution in [3.63, 3.8) is 0 Å². The highest BCUT2D eigenvalue weighted by atomic mass is 16.6. The highest BCUT2D eigenvalue weighted by Gasteiger charge is 2.36. The Morgan fingerprint density at radius 3 is 3.05 bits per heavy atom. The summed E-state index contributed by atoms with van der Waals surface area (Å²) in [4.78, 5) is 14.2. The topological polar surface area (TPSA) is 91.9 Å². The van der Waals surface area contributed by atoms with E-state index in [0.29, 0.717) is 6.42 Å². The quantitative estimate of drug-likeness (QED) is 0.907. The summed E-state index contributed by atoms with van der Waals surface area (Å²) < 4.78 is 4.99. The molecule has 0 fully saturated rings. The van der Waals surface area contributed by atoms with E-state index in [0.717, 1.165) is 28.6 Å². The molecule has 0 aliphatic heterocycles. The summed E-state index contributed by atoms with van der Waals surface area (Å²) in [5.74, 6) is -0.0229. The van der Waals surface area contributed by atoms with Gasteiger partial charge in [0.05, 0.1) is 12.0 Å². The number of amides is 1.